The average molecular weight is 367 g/mol. The summed E-state index contributed by atoms with van der Waals surface area (Å²) in [6, 6.07) is 8.78. The van der Waals surface area contributed by atoms with Crippen molar-refractivity contribution in [2.75, 3.05) is 4.90 Å². The summed E-state index contributed by atoms with van der Waals surface area (Å²) in [5, 5.41) is 15.7. The highest BCUT2D eigenvalue weighted by atomic mass is 19.1. The van der Waals surface area contributed by atoms with E-state index in [-0.39, 0.29) is 17.9 Å². The normalized spacial score (nSPS) is 27.4. The molecule has 2 aliphatic heterocycles. The van der Waals surface area contributed by atoms with E-state index in [0.29, 0.717) is 18.6 Å². The topological polar surface area (TPSA) is 66.5 Å². The third-order valence-corrected chi connectivity index (χ3v) is 6.06. The third-order valence-electron chi connectivity index (χ3n) is 6.06. The largest absolute Gasteiger partial charge is 0.385 e. The minimum absolute atomic E-state index is 0.207. The minimum Gasteiger partial charge on any atom is -0.385 e. The van der Waals surface area contributed by atoms with Crippen molar-refractivity contribution in [1.29, 1.82) is 0 Å². The number of hydrogen-bond acceptors (Lipinski definition) is 5. The van der Waals surface area contributed by atoms with Crippen LogP contribution in [0.3, 0.4) is 0 Å². The van der Waals surface area contributed by atoms with Crippen LogP contribution in [-0.2, 0) is 12.0 Å². The number of anilines is 1. The van der Waals surface area contributed by atoms with Gasteiger partial charge < -0.3 is 10.0 Å². The van der Waals surface area contributed by atoms with Crippen LogP contribution in [0, 0.1) is 5.82 Å². The van der Waals surface area contributed by atoms with E-state index >= 15 is 0 Å². The molecule has 3 aromatic rings. The van der Waals surface area contributed by atoms with E-state index in [1.165, 1.54) is 18.5 Å². The SMILES string of the molecule is CCc1cc(N2[C@@H]3CC[C@@H]2CC(O)(c2ccc(F)cc2)C3)n2ncnc2n1. The van der Waals surface area contributed by atoms with E-state index in [2.05, 4.69) is 33.0 Å². The van der Waals surface area contributed by atoms with Gasteiger partial charge in [-0.05, 0) is 37.0 Å². The standard InChI is InChI=1S/C20H22FN5O/c1-2-15-9-18(26-19(24-15)22-12-23-26)25-16-7-8-17(25)11-20(27,10-16)13-3-5-14(21)6-4-13/h3-6,9,12,16-17,27H,2,7-8,10-11H2,1H3/t16-,17-/m1/s1. The highest BCUT2D eigenvalue weighted by Gasteiger charge is 2.49. The smallest absolute Gasteiger partial charge is 0.254 e. The Labute approximate surface area is 156 Å². The molecule has 0 aliphatic carbocycles. The molecule has 0 unspecified atom stereocenters. The molecule has 0 amide bonds. The summed E-state index contributed by atoms with van der Waals surface area (Å²) < 4.78 is 15.1. The zero-order valence-electron chi connectivity index (χ0n) is 15.2. The summed E-state index contributed by atoms with van der Waals surface area (Å²) in [6.45, 7) is 2.08. The second kappa shape index (κ2) is 5.99. The van der Waals surface area contributed by atoms with Gasteiger partial charge in [0.25, 0.3) is 5.78 Å². The van der Waals surface area contributed by atoms with Crippen molar-refractivity contribution in [3.05, 3.63) is 53.7 Å². The van der Waals surface area contributed by atoms with E-state index in [0.717, 1.165) is 36.3 Å². The molecule has 2 bridgehead atoms. The van der Waals surface area contributed by atoms with Crippen molar-refractivity contribution in [2.24, 2.45) is 0 Å². The van der Waals surface area contributed by atoms with E-state index in [4.69, 9.17) is 0 Å². The lowest BCUT2D eigenvalue weighted by molar-refractivity contribution is -0.00332. The molecule has 2 aliphatic rings. The molecule has 27 heavy (non-hydrogen) atoms. The molecule has 4 heterocycles. The number of halogens is 1. The van der Waals surface area contributed by atoms with Crippen LogP contribution >= 0.6 is 0 Å². The Morgan fingerprint density at radius 2 is 1.89 bits per heavy atom. The zero-order chi connectivity index (χ0) is 18.6. The van der Waals surface area contributed by atoms with Crippen molar-refractivity contribution in [2.45, 2.75) is 56.7 Å². The van der Waals surface area contributed by atoms with E-state index < -0.39 is 5.60 Å². The van der Waals surface area contributed by atoms with Gasteiger partial charge >= 0.3 is 0 Å². The van der Waals surface area contributed by atoms with E-state index in [1.807, 2.05) is 0 Å². The highest BCUT2D eigenvalue weighted by Crippen LogP contribution is 2.47. The monoisotopic (exact) mass is 367 g/mol. The summed E-state index contributed by atoms with van der Waals surface area (Å²) in [5.41, 5.74) is 0.873. The summed E-state index contributed by atoms with van der Waals surface area (Å²) in [7, 11) is 0. The Balaban J connectivity index is 1.53. The number of rotatable bonds is 3. The molecule has 5 rings (SSSR count). The van der Waals surface area contributed by atoms with Crippen molar-refractivity contribution in [3.63, 3.8) is 0 Å². The highest BCUT2D eigenvalue weighted by molar-refractivity contribution is 5.51. The minimum atomic E-state index is -0.919. The molecule has 2 saturated heterocycles. The zero-order valence-corrected chi connectivity index (χ0v) is 15.2. The van der Waals surface area contributed by atoms with Gasteiger partial charge in [0.05, 0.1) is 5.60 Å². The van der Waals surface area contributed by atoms with Gasteiger partial charge in [-0.1, -0.05) is 19.1 Å². The van der Waals surface area contributed by atoms with Crippen LogP contribution in [0.1, 0.15) is 43.9 Å². The molecule has 2 fully saturated rings. The summed E-state index contributed by atoms with van der Waals surface area (Å²) in [4.78, 5) is 11.2. The first-order valence-corrected chi connectivity index (χ1v) is 9.54. The van der Waals surface area contributed by atoms with Gasteiger partial charge in [0, 0.05) is 36.7 Å². The lowest BCUT2D eigenvalue weighted by Crippen LogP contribution is -2.50. The second-order valence-corrected chi connectivity index (χ2v) is 7.67. The number of piperidine rings is 1. The van der Waals surface area contributed by atoms with Crippen LogP contribution in [0.15, 0.2) is 36.7 Å². The Kier molecular flexibility index (Phi) is 3.69. The van der Waals surface area contributed by atoms with Crippen molar-refractivity contribution < 1.29 is 9.50 Å². The van der Waals surface area contributed by atoms with Gasteiger partial charge in [0.1, 0.15) is 18.0 Å². The summed E-state index contributed by atoms with van der Waals surface area (Å²) >= 11 is 0. The molecule has 7 heteroatoms. The summed E-state index contributed by atoms with van der Waals surface area (Å²) in [5.74, 6) is 1.34. The molecule has 6 nitrogen and oxygen atoms in total. The Bertz CT molecular complexity index is 972. The van der Waals surface area contributed by atoms with Crippen LogP contribution in [0.4, 0.5) is 10.2 Å². The fourth-order valence-electron chi connectivity index (χ4n) is 4.80. The third kappa shape index (κ3) is 2.60. The fraction of sp³-hybridized carbons (Fsp3) is 0.450. The molecule has 2 aromatic heterocycles. The predicted molar refractivity (Wildman–Crippen MR) is 99.0 cm³/mol. The van der Waals surface area contributed by atoms with Gasteiger partial charge in [-0.15, -0.1) is 0 Å². The van der Waals surface area contributed by atoms with Gasteiger partial charge in [0.2, 0.25) is 0 Å². The van der Waals surface area contributed by atoms with Crippen LogP contribution < -0.4 is 4.90 Å². The molecule has 1 N–H and O–H groups in total. The van der Waals surface area contributed by atoms with Crippen LogP contribution in [0.5, 0.6) is 0 Å². The van der Waals surface area contributed by atoms with Crippen LogP contribution in [-0.4, -0.2) is 36.8 Å². The number of benzene rings is 1. The molecule has 0 spiro atoms. The van der Waals surface area contributed by atoms with Gasteiger partial charge in [-0.3, -0.25) is 0 Å². The number of nitrogens with zero attached hydrogens (tertiary/aromatic N) is 5. The molecule has 1 aromatic carbocycles. The maximum absolute atomic E-state index is 13.3. The number of hydrogen-bond donors (Lipinski definition) is 1. The predicted octanol–water partition coefficient (Wildman–Crippen LogP) is 2.84. The number of aliphatic hydroxyl groups is 1. The molecule has 0 saturated carbocycles. The van der Waals surface area contributed by atoms with Gasteiger partial charge in [-0.2, -0.15) is 14.6 Å². The Hall–Kier alpha value is -2.54. The Morgan fingerprint density at radius 1 is 1.19 bits per heavy atom. The van der Waals surface area contributed by atoms with E-state index in [1.54, 1.807) is 16.6 Å². The van der Waals surface area contributed by atoms with Crippen LogP contribution in [0.2, 0.25) is 0 Å². The maximum atomic E-state index is 13.3. The van der Waals surface area contributed by atoms with Crippen LogP contribution in [0.25, 0.3) is 5.78 Å². The quantitative estimate of drug-likeness (QED) is 0.771. The second-order valence-electron chi connectivity index (χ2n) is 7.67. The molecule has 0 radical (unpaired) electrons. The van der Waals surface area contributed by atoms with E-state index in [9.17, 15) is 9.50 Å². The summed E-state index contributed by atoms with van der Waals surface area (Å²) in [6.07, 6.45) is 5.65. The average Bonchev–Trinajstić information content (AvgIpc) is 3.24. The molecular formula is C20H22FN5O. The molecule has 2 atom stereocenters. The Morgan fingerprint density at radius 3 is 2.56 bits per heavy atom. The first kappa shape index (κ1) is 16.6. The first-order chi connectivity index (χ1) is 13.1. The lowest BCUT2D eigenvalue weighted by atomic mass is 9.80. The lowest BCUT2D eigenvalue weighted by Gasteiger charge is -2.45. The number of aryl methyl sites for hydroxylation is 1. The van der Waals surface area contributed by atoms with Crippen molar-refractivity contribution in [1.82, 2.24) is 19.6 Å². The van der Waals surface area contributed by atoms with Crippen molar-refractivity contribution in [3.8, 4) is 0 Å². The molecule has 140 valence electrons. The fourth-order valence-corrected chi connectivity index (χ4v) is 4.80. The van der Waals surface area contributed by atoms with Gasteiger partial charge in [-0.25, -0.2) is 9.37 Å². The number of fused-ring (bicyclic) bond motifs is 3. The first-order valence-electron chi connectivity index (χ1n) is 9.54. The maximum Gasteiger partial charge on any atom is 0.254 e. The number of aromatic nitrogens is 4. The molecular weight excluding hydrogens is 345 g/mol. The van der Waals surface area contributed by atoms with Crippen molar-refractivity contribution >= 4 is 11.6 Å². The van der Waals surface area contributed by atoms with Gasteiger partial charge in [0.15, 0.2) is 0 Å².